The van der Waals surface area contributed by atoms with Crippen molar-refractivity contribution in [1.82, 2.24) is 9.97 Å². The highest BCUT2D eigenvalue weighted by atomic mass is 15.4. The number of rotatable bonds is 3. The Kier molecular flexibility index (Phi) is 3.86. The number of allylic oxidation sites excluding steroid dienone is 1. The molecule has 2 atom stereocenters. The number of hydrogen-bond acceptors (Lipinski definition) is 4. The minimum absolute atomic E-state index is 0.186. The number of anilines is 2. The predicted octanol–water partition coefficient (Wildman–Crippen LogP) is 5.20. The second kappa shape index (κ2) is 6.58. The van der Waals surface area contributed by atoms with Gasteiger partial charge in [-0.05, 0) is 61.6 Å². The molecule has 1 aliphatic heterocycles. The summed E-state index contributed by atoms with van der Waals surface area (Å²) in [5.74, 6) is 2.12. The van der Waals surface area contributed by atoms with Crippen molar-refractivity contribution in [3.05, 3.63) is 65.9 Å². The molecule has 1 aromatic carbocycles. The topological polar surface area (TPSA) is 40.8 Å². The Morgan fingerprint density at radius 1 is 1.00 bits per heavy atom. The van der Waals surface area contributed by atoms with Crippen LogP contribution < -0.4 is 10.2 Å². The summed E-state index contributed by atoms with van der Waals surface area (Å²) < 4.78 is 0. The maximum absolute atomic E-state index is 5.00. The van der Waals surface area contributed by atoms with Gasteiger partial charge in [0.2, 0.25) is 0 Å². The summed E-state index contributed by atoms with van der Waals surface area (Å²) in [4.78, 5) is 12.4. The fourth-order valence-electron chi connectivity index (χ4n) is 5.25. The molecule has 0 amide bonds. The highest BCUT2D eigenvalue weighted by Gasteiger charge is 2.58. The van der Waals surface area contributed by atoms with Crippen molar-refractivity contribution < 1.29 is 0 Å². The average molecular weight is 383 g/mol. The minimum Gasteiger partial charge on any atom is -0.365 e. The first-order valence-electron chi connectivity index (χ1n) is 10.9. The Morgan fingerprint density at radius 3 is 2.97 bits per heavy atom. The molecule has 4 nitrogen and oxygen atoms in total. The Bertz CT molecular complexity index is 1100. The molecule has 1 saturated carbocycles. The number of nitrogens with zero attached hydrogens (tertiary/aromatic N) is 3. The van der Waals surface area contributed by atoms with E-state index >= 15 is 0 Å². The number of hydrogen-bond donors (Lipinski definition) is 1. The van der Waals surface area contributed by atoms with Crippen LogP contribution in [0.3, 0.4) is 0 Å². The zero-order valence-electron chi connectivity index (χ0n) is 16.6. The van der Waals surface area contributed by atoms with Crippen LogP contribution in [0.5, 0.6) is 0 Å². The van der Waals surface area contributed by atoms with Gasteiger partial charge in [-0.1, -0.05) is 43.2 Å². The third-order valence-corrected chi connectivity index (χ3v) is 6.92. The fraction of sp³-hybridized carbons (Fsp3) is 0.360. The van der Waals surface area contributed by atoms with E-state index in [1.807, 2.05) is 0 Å². The van der Waals surface area contributed by atoms with Crippen molar-refractivity contribution in [3.63, 3.8) is 0 Å². The molecular weight excluding hydrogens is 356 g/mol. The van der Waals surface area contributed by atoms with Crippen LogP contribution >= 0.6 is 0 Å². The van der Waals surface area contributed by atoms with Gasteiger partial charge in [0.1, 0.15) is 11.6 Å². The number of aryl methyl sites for hydroxylation is 1. The fourth-order valence-corrected chi connectivity index (χ4v) is 5.25. The van der Waals surface area contributed by atoms with E-state index in [2.05, 4.69) is 70.9 Å². The molecule has 3 aliphatic rings. The monoisotopic (exact) mass is 382 g/mol. The van der Waals surface area contributed by atoms with Crippen molar-refractivity contribution in [2.45, 2.75) is 50.1 Å². The van der Waals surface area contributed by atoms with Crippen molar-refractivity contribution in [2.24, 2.45) is 0 Å². The van der Waals surface area contributed by atoms with Crippen LogP contribution in [0.15, 0.2) is 54.6 Å². The van der Waals surface area contributed by atoms with Gasteiger partial charge >= 0.3 is 0 Å². The maximum Gasteiger partial charge on any atom is 0.129 e. The first kappa shape index (κ1) is 17.0. The van der Waals surface area contributed by atoms with Gasteiger partial charge in [-0.25, -0.2) is 9.97 Å². The smallest absolute Gasteiger partial charge is 0.129 e. The zero-order chi connectivity index (χ0) is 19.3. The zero-order valence-corrected chi connectivity index (χ0v) is 16.6. The van der Waals surface area contributed by atoms with E-state index in [1.54, 1.807) is 0 Å². The summed E-state index contributed by atoms with van der Waals surface area (Å²) in [7, 11) is 0. The lowest BCUT2D eigenvalue weighted by molar-refractivity contribution is 0.384. The lowest BCUT2D eigenvalue weighted by Gasteiger charge is -2.33. The van der Waals surface area contributed by atoms with E-state index in [0.717, 1.165) is 42.2 Å². The molecule has 3 aromatic rings. The molecule has 0 radical (unpaired) electrons. The molecule has 1 N–H and O–H groups in total. The summed E-state index contributed by atoms with van der Waals surface area (Å²) in [6, 6.07) is 17.5. The van der Waals surface area contributed by atoms with E-state index in [-0.39, 0.29) is 5.54 Å². The van der Waals surface area contributed by atoms with Gasteiger partial charge in [0.05, 0.1) is 22.8 Å². The lowest BCUT2D eigenvalue weighted by Crippen LogP contribution is -2.43. The summed E-state index contributed by atoms with van der Waals surface area (Å²) in [6.07, 6.45) is 11.7. The summed E-state index contributed by atoms with van der Waals surface area (Å²) in [6.45, 7) is 1.09. The molecule has 146 valence electrons. The van der Waals surface area contributed by atoms with Crippen LogP contribution in [-0.2, 0) is 6.42 Å². The van der Waals surface area contributed by atoms with Gasteiger partial charge < -0.3 is 10.2 Å². The number of fused-ring (bicyclic) bond motifs is 2. The number of pyridine rings is 2. The second-order valence-corrected chi connectivity index (χ2v) is 8.68. The van der Waals surface area contributed by atoms with Gasteiger partial charge in [0.15, 0.2) is 0 Å². The molecule has 29 heavy (non-hydrogen) atoms. The number of benzene rings is 1. The second-order valence-electron chi connectivity index (χ2n) is 8.68. The maximum atomic E-state index is 5.00. The minimum atomic E-state index is 0.186. The Balaban J connectivity index is 1.27. The standard InChI is InChI=1S/C25H26N4/c1-3-9-20-18(7-1)12-14-23(26-20)28-22-11-5-6-16-25(22)17-29(25)24-15-13-19-8-2-4-10-21(19)27-24/h1,3-4,7,9-10,12-15,22H,2,5-6,8,11,16-17H2,(H,26,28)/t22-,25?,29?/m1/s1. The van der Waals surface area contributed by atoms with E-state index in [9.17, 15) is 0 Å². The SMILES string of the molecule is C1=Cc2nc(N3CC34CCCC[C@H]4Nc3ccc4ccccc4n3)ccc2CC1. The van der Waals surface area contributed by atoms with Crippen molar-refractivity contribution in [2.75, 3.05) is 16.8 Å². The summed E-state index contributed by atoms with van der Waals surface area (Å²) >= 11 is 0. The Morgan fingerprint density at radius 2 is 1.97 bits per heavy atom. The van der Waals surface area contributed by atoms with E-state index in [0.29, 0.717) is 6.04 Å². The first-order valence-corrected chi connectivity index (χ1v) is 10.9. The van der Waals surface area contributed by atoms with Gasteiger partial charge in [-0.2, -0.15) is 0 Å². The average Bonchev–Trinajstić information content (AvgIpc) is 3.49. The number of para-hydroxylation sites is 1. The van der Waals surface area contributed by atoms with Gasteiger partial charge in [-0.3, -0.25) is 0 Å². The van der Waals surface area contributed by atoms with Gasteiger partial charge in [0, 0.05) is 11.9 Å². The summed E-state index contributed by atoms with van der Waals surface area (Å²) in [5.41, 5.74) is 3.78. The molecular formula is C25H26N4. The molecule has 1 saturated heterocycles. The lowest BCUT2D eigenvalue weighted by atomic mass is 9.83. The van der Waals surface area contributed by atoms with Crippen LogP contribution in [-0.4, -0.2) is 28.1 Å². The number of nitrogens with one attached hydrogen (secondary N) is 1. The van der Waals surface area contributed by atoms with Crippen molar-refractivity contribution >= 4 is 28.6 Å². The molecule has 4 heteroatoms. The summed E-state index contributed by atoms with van der Waals surface area (Å²) in [5, 5.41) is 4.98. The van der Waals surface area contributed by atoms with Gasteiger partial charge in [-0.15, -0.1) is 0 Å². The van der Waals surface area contributed by atoms with Crippen LogP contribution in [0, 0.1) is 0 Å². The first-order chi connectivity index (χ1) is 14.3. The Labute approximate surface area is 171 Å². The Hall–Kier alpha value is -2.88. The molecule has 2 fully saturated rings. The molecule has 6 rings (SSSR count). The molecule has 2 aromatic heterocycles. The third-order valence-electron chi connectivity index (χ3n) is 6.92. The van der Waals surface area contributed by atoms with Crippen molar-refractivity contribution in [1.29, 1.82) is 0 Å². The van der Waals surface area contributed by atoms with Crippen LogP contribution in [0.4, 0.5) is 11.6 Å². The normalized spacial score (nSPS) is 25.2. The van der Waals surface area contributed by atoms with Crippen LogP contribution in [0.2, 0.25) is 0 Å². The largest absolute Gasteiger partial charge is 0.365 e. The van der Waals surface area contributed by atoms with E-state index < -0.39 is 0 Å². The van der Waals surface area contributed by atoms with E-state index in [4.69, 9.17) is 9.97 Å². The highest BCUT2D eigenvalue weighted by Crippen LogP contribution is 2.48. The number of aromatic nitrogens is 2. The molecule has 0 bridgehead atoms. The molecule has 2 aliphatic carbocycles. The third kappa shape index (κ3) is 2.89. The highest BCUT2D eigenvalue weighted by molar-refractivity contribution is 5.80. The van der Waals surface area contributed by atoms with E-state index in [1.165, 1.54) is 36.6 Å². The molecule has 1 unspecified atom stereocenters. The van der Waals surface area contributed by atoms with Crippen LogP contribution in [0.25, 0.3) is 17.0 Å². The molecule has 3 heterocycles. The van der Waals surface area contributed by atoms with Crippen molar-refractivity contribution in [3.8, 4) is 0 Å². The predicted molar refractivity (Wildman–Crippen MR) is 119 cm³/mol. The quantitative estimate of drug-likeness (QED) is 0.632. The van der Waals surface area contributed by atoms with Crippen LogP contribution in [0.1, 0.15) is 43.4 Å². The van der Waals surface area contributed by atoms with Gasteiger partial charge in [0.25, 0.3) is 0 Å². The molecule has 1 spiro atoms.